The first-order valence-electron chi connectivity index (χ1n) is 7.61. The highest BCUT2D eigenvalue weighted by atomic mass is 19.1. The van der Waals surface area contributed by atoms with Crippen molar-refractivity contribution in [1.82, 2.24) is 4.90 Å². The first kappa shape index (κ1) is 15.9. The van der Waals surface area contributed by atoms with E-state index in [1.165, 1.54) is 24.3 Å². The van der Waals surface area contributed by atoms with Crippen LogP contribution < -0.4 is 0 Å². The van der Waals surface area contributed by atoms with Crippen LogP contribution >= 0.6 is 0 Å². The molecule has 5 heteroatoms. The van der Waals surface area contributed by atoms with Crippen LogP contribution in [0.1, 0.15) is 11.1 Å². The maximum atomic E-state index is 13.2. The molecule has 0 aromatic heterocycles. The molecule has 2 aromatic carbocycles. The third-order valence-corrected chi connectivity index (χ3v) is 3.78. The third-order valence-electron chi connectivity index (χ3n) is 3.78. The lowest BCUT2D eigenvalue weighted by Gasteiger charge is -2.18. The zero-order valence-corrected chi connectivity index (χ0v) is 12.9. The number of carbonyl (C=O) groups is 2. The molecule has 0 N–H and O–H groups in total. The second-order valence-electron chi connectivity index (χ2n) is 5.52. The molecular weight excluding hydrogens is 309 g/mol. The zero-order valence-electron chi connectivity index (χ0n) is 12.9. The normalized spacial score (nSPS) is 17.3. The highest BCUT2D eigenvalue weighted by Crippen LogP contribution is 2.18. The van der Waals surface area contributed by atoms with Crippen molar-refractivity contribution in [3.05, 3.63) is 77.6 Å². The molecule has 2 amide bonds. The van der Waals surface area contributed by atoms with E-state index in [-0.39, 0.29) is 18.5 Å². The molecule has 1 unspecified atom stereocenters. The molecule has 1 atom stereocenters. The van der Waals surface area contributed by atoms with E-state index < -0.39 is 12.0 Å². The molecule has 1 aliphatic rings. The van der Waals surface area contributed by atoms with Gasteiger partial charge in [0.05, 0.1) is 6.04 Å². The smallest absolute Gasteiger partial charge is 0.417 e. The number of hydrogen-bond acceptors (Lipinski definition) is 3. The Kier molecular flexibility index (Phi) is 4.70. The number of nitrogens with zero attached hydrogens (tertiary/aromatic N) is 1. The fraction of sp³-hybridized carbons (Fsp3) is 0.158. The molecule has 1 aliphatic heterocycles. The van der Waals surface area contributed by atoms with Gasteiger partial charge in [-0.2, -0.15) is 0 Å². The van der Waals surface area contributed by atoms with E-state index in [9.17, 15) is 14.0 Å². The molecule has 1 fully saturated rings. The molecule has 4 nitrogen and oxygen atoms in total. The number of imide groups is 1. The van der Waals surface area contributed by atoms with E-state index >= 15 is 0 Å². The Morgan fingerprint density at radius 3 is 2.75 bits per heavy atom. The Morgan fingerprint density at radius 1 is 1.21 bits per heavy atom. The quantitative estimate of drug-likeness (QED) is 0.809. The van der Waals surface area contributed by atoms with Crippen LogP contribution in [0.3, 0.4) is 0 Å². The lowest BCUT2D eigenvalue weighted by Crippen LogP contribution is -2.39. The van der Waals surface area contributed by atoms with Crippen molar-refractivity contribution in [2.24, 2.45) is 0 Å². The number of rotatable bonds is 4. The Bertz CT molecular complexity index is 773. The first-order chi connectivity index (χ1) is 11.6. The minimum absolute atomic E-state index is 0.174. The summed E-state index contributed by atoms with van der Waals surface area (Å²) < 4.78 is 18.2. The van der Waals surface area contributed by atoms with Crippen LogP contribution in [0.5, 0.6) is 0 Å². The van der Waals surface area contributed by atoms with Crippen molar-refractivity contribution >= 4 is 18.1 Å². The van der Waals surface area contributed by atoms with Gasteiger partial charge in [0.15, 0.2) is 0 Å². The number of hydrogen-bond donors (Lipinski definition) is 0. The largest absolute Gasteiger partial charge is 0.447 e. The number of ether oxygens (including phenoxy) is 1. The van der Waals surface area contributed by atoms with Gasteiger partial charge in [-0.25, -0.2) is 14.1 Å². The summed E-state index contributed by atoms with van der Waals surface area (Å²) in [6.07, 6.45) is 2.63. The van der Waals surface area contributed by atoms with Gasteiger partial charge in [0.1, 0.15) is 12.4 Å². The Hall–Kier alpha value is -2.95. The standard InChI is InChI=1S/C19H16FNO3/c20-16-8-4-7-15(11-16)9-10-18(22)21-17(13-24-19(21)23)12-14-5-2-1-3-6-14/h1-11,17H,12-13H2/b10-9+. The summed E-state index contributed by atoms with van der Waals surface area (Å²) in [5.74, 6) is -0.852. The molecule has 0 spiro atoms. The summed E-state index contributed by atoms with van der Waals surface area (Å²) in [6.45, 7) is 0.174. The van der Waals surface area contributed by atoms with E-state index in [2.05, 4.69) is 0 Å². The lowest BCUT2D eigenvalue weighted by molar-refractivity contribution is -0.124. The molecule has 0 bridgehead atoms. The zero-order chi connectivity index (χ0) is 16.9. The Labute approximate surface area is 139 Å². The highest BCUT2D eigenvalue weighted by molar-refractivity contribution is 6.02. The van der Waals surface area contributed by atoms with Gasteiger partial charge in [-0.3, -0.25) is 4.79 Å². The van der Waals surface area contributed by atoms with E-state index in [1.54, 1.807) is 12.1 Å². The summed E-state index contributed by atoms with van der Waals surface area (Å²) in [6, 6.07) is 15.1. The Balaban J connectivity index is 1.72. The molecule has 0 saturated carbocycles. The summed E-state index contributed by atoms with van der Waals surface area (Å²) >= 11 is 0. The van der Waals surface area contributed by atoms with Crippen molar-refractivity contribution in [2.75, 3.05) is 6.61 Å². The number of benzene rings is 2. The SMILES string of the molecule is O=C(/C=C/c1cccc(F)c1)N1C(=O)OCC1Cc1ccccc1. The van der Waals surface area contributed by atoms with E-state index in [0.717, 1.165) is 10.5 Å². The molecule has 0 aliphatic carbocycles. The van der Waals surface area contributed by atoms with Crippen LogP contribution in [0.4, 0.5) is 9.18 Å². The maximum Gasteiger partial charge on any atom is 0.417 e. The topological polar surface area (TPSA) is 46.6 Å². The number of carbonyl (C=O) groups excluding carboxylic acids is 2. The minimum atomic E-state index is -0.648. The van der Waals surface area contributed by atoms with E-state index in [0.29, 0.717) is 12.0 Å². The fourth-order valence-corrected chi connectivity index (χ4v) is 2.63. The van der Waals surface area contributed by atoms with Crippen LogP contribution in [-0.2, 0) is 16.0 Å². The number of halogens is 1. The summed E-state index contributed by atoms with van der Waals surface area (Å²) in [4.78, 5) is 25.3. The second-order valence-corrected chi connectivity index (χ2v) is 5.52. The highest BCUT2D eigenvalue weighted by Gasteiger charge is 2.36. The predicted octanol–water partition coefficient (Wildman–Crippen LogP) is 3.43. The third kappa shape index (κ3) is 3.68. The van der Waals surface area contributed by atoms with Gasteiger partial charge >= 0.3 is 6.09 Å². The van der Waals surface area contributed by atoms with Gasteiger partial charge in [0, 0.05) is 6.08 Å². The van der Waals surface area contributed by atoms with Crippen LogP contribution in [0.25, 0.3) is 6.08 Å². The van der Waals surface area contributed by atoms with Gasteiger partial charge in [-0.05, 0) is 35.8 Å². The monoisotopic (exact) mass is 325 g/mol. The Morgan fingerprint density at radius 2 is 2.00 bits per heavy atom. The van der Waals surface area contributed by atoms with E-state index in [4.69, 9.17) is 4.74 Å². The minimum Gasteiger partial charge on any atom is -0.447 e. The molecule has 24 heavy (non-hydrogen) atoms. The summed E-state index contributed by atoms with van der Waals surface area (Å²) in [5, 5.41) is 0. The van der Waals surface area contributed by atoms with Crippen molar-refractivity contribution in [2.45, 2.75) is 12.5 Å². The van der Waals surface area contributed by atoms with Crippen LogP contribution in [0, 0.1) is 5.82 Å². The number of amides is 2. The fourth-order valence-electron chi connectivity index (χ4n) is 2.63. The molecule has 1 heterocycles. The number of cyclic esters (lactones) is 1. The molecular formula is C19H16FNO3. The average molecular weight is 325 g/mol. The van der Waals surface area contributed by atoms with E-state index in [1.807, 2.05) is 30.3 Å². The van der Waals surface area contributed by atoms with Crippen LogP contribution in [0.2, 0.25) is 0 Å². The van der Waals surface area contributed by atoms with Crippen molar-refractivity contribution in [3.8, 4) is 0 Å². The van der Waals surface area contributed by atoms with Gasteiger partial charge in [-0.1, -0.05) is 42.5 Å². The predicted molar refractivity (Wildman–Crippen MR) is 87.6 cm³/mol. The molecule has 122 valence electrons. The molecule has 0 radical (unpaired) electrons. The van der Waals surface area contributed by atoms with Gasteiger partial charge < -0.3 is 4.74 Å². The summed E-state index contributed by atoms with van der Waals surface area (Å²) in [5.41, 5.74) is 1.57. The van der Waals surface area contributed by atoms with Crippen molar-refractivity contribution in [1.29, 1.82) is 0 Å². The van der Waals surface area contributed by atoms with Gasteiger partial charge in [0.2, 0.25) is 0 Å². The second kappa shape index (κ2) is 7.08. The summed E-state index contributed by atoms with van der Waals surface area (Å²) in [7, 11) is 0. The van der Waals surface area contributed by atoms with Gasteiger partial charge in [0.25, 0.3) is 5.91 Å². The van der Waals surface area contributed by atoms with Crippen LogP contribution in [-0.4, -0.2) is 29.5 Å². The van der Waals surface area contributed by atoms with Gasteiger partial charge in [-0.15, -0.1) is 0 Å². The first-order valence-corrected chi connectivity index (χ1v) is 7.61. The van der Waals surface area contributed by atoms with Crippen molar-refractivity contribution < 1.29 is 18.7 Å². The van der Waals surface area contributed by atoms with Crippen molar-refractivity contribution in [3.63, 3.8) is 0 Å². The molecule has 3 rings (SSSR count). The maximum absolute atomic E-state index is 13.2. The average Bonchev–Trinajstić information content (AvgIpc) is 2.94. The molecule has 2 aromatic rings. The lowest BCUT2D eigenvalue weighted by atomic mass is 10.1. The van der Waals surface area contributed by atoms with Crippen LogP contribution in [0.15, 0.2) is 60.7 Å². The molecule has 1 saturated heterocycles.